The molecule has 1 aliphatic carbocycles. The zero-order valence-corrected chi connectivity index (χ0v) is 18.7. The van der Waals surface area contributed by atoms with Crippen molar-refractivity contribution in [3.05, 3.63) is 76.2 Å². The van der Waals surface area contributed by atoms with E-state index >= 15 is 0 Å². The van der Waals surface area contributed by atoms with Gasteiger partial charge < -0.3 is 10.1 Å². The molecule has 1 unspecified atom stereocenters. The number of carbonyl (C=O) groups is 2. The molecule has 5 heteroatoms. The number of hydrogen-bond donors (Lipinski definition) is 1. The number of anilines is 1. The first-order valence-electron chi connectivity index (χ1n) is 10.4. The van der Waals surface area contributed by atoms with E-state index in [0.29, 0.717) is 10.6 Å². The van der Waals surface area contributed by atoms with E-state index in [1.54, 1.807) is 6.92 Å². The van der Waals surface area contributed by atoms with Crippen LogP contribution in [0.2, 0.25) is 0 Å². The number of esters is 1. The number of amides is 1. The normalized spacial score (nSPS) is 18.4. The molecule has 0 fully saturated rings. The van der Waals surface area contributed by atoms with Crippen molar-refractivity contribution >= 4 is 28.2 Å². The molecule has 158 valence electrons. The summed E-state index contributed by atoms with van der Waals surface area (Å²) >= 11 is 1.39. The van der Waals surface area contributed by atoms with E-state index in [1.807, 2.05) is 35.7 Å². The van der Waals surface area contributed by atoms with Gasteiger partial charge in [0.15, 0.2) is 0 Å². The van der Waals surface area contributed by atoms with E-state index in [-0.39, 0.29) is 30.3 Å². The number of ether oxygens (including phenoxy) is 1. The van der Waals surface area contributed by atoms with E-state index in [1.165, 1.54) is 16.9 Å². The third kappa shape index (κ3) is 5.08. The Morgan fingerprint density at radius 3 is 2.67 bits per heavy atom. The molecule has 2 aromatic rings. The number of benzene rings is 1. The molecule has 1 heterocycles. The highest BCUT2D eigenvalue weighted by atomic mass is 32.1. The molecule has 1 aromatic heterocycles. The molecule has 0 saturated carbocycles. The minimum Gasteiger partial charge on any atom is -0.462 e. The Labute approximate surface area is 182 Å². The van der Waals surface area contributed by atoms with Gasteiger partial charge in [-0.2, -0.15) is 0 Å². The molecule has 1 amide bonds. The van der Waals surface area contributed by atoms with Crippen LogP contribution in [0.4, 0.5) is 5.00 Å². The fraction of sp³-hybridized carbons (Fsp3) is 0.360. The summed E-state index contributed by atoms with van der Waals surface area (Å²) in [7, 11) is 0. The van der Waals surface area contributed by atoms with Gasteiger partial charge in [0.05, 0.1) is 18.6 Å². The largest absolute Gasteiger partial charge is 0.462 e. The summed E-state index contributed by atoms with van der Waals surface area (Å²) in [6.45, 7) is 6.38. The Bertz CT molecular complexity index is 958. The number of rotatable bonds is 7. The smallest absolute Gasteiger partial charge is 0.341 e. The fourth-order valence-electron chi connectivity index (χ4n) is 3.69. The summed E-state index contributed by atoms with van der Waals surface area (Å²) in [5.41, 5.74) is 3.40. The SMILES string of the molecule is CCOC(=O)c1c(C2(C)C=CCC(CC)=CC2)csc1NC(=O)Cc1ccccc1. The molecule has 1 aromatic carbocycles. The molecule has 3 rings (SSSR count). The lowest BCUT2D eigenvalue weighted by Crippen LogP contribution is -2.23. The van der Waals surface area contributed by atoms with Crippen LogP contribution in [-0.4, -0.2) is 18.5 Å². The Hall–Kier alpha value is -2.66. The molecular weight excluding hydrogens is 394 g/mol. The van der Waals surface area contributed by atoms with E-state index < -0.39 is 0 Å². The number of hydrogen-bond acceptors (Lipinski definition) is 4. The Kier molecular flexibility index (Phi) is 7.27. The molecule has 0 aliphatic heterocycles. The van der Waals surface area contributed by atoms with Crippen molar-refractivity contribution in [2.24, 2.45) is 0 Å². The van der Waals surface area contributed by atoms with Gasteiger partial charge in [0.25, 0.3) is 0 Å². The van der Waals surface area contributed by atoms with Crippen LogP contribution < -0.4 is 5.32 Å². The van der Waals surface area contributed by atoms with E-state index in [0.717, 1.165) is 30.4 Å². The summed E-state index contributed by atoms with van der Waals surface area (Å²) in [6.07, 6.45) is 9.68. The van der Waals surface area contributed by atoms with Crippen LogP contribution in [0.5, 0.6) is 0 Å². The third-order valence-corrected chi connectivity index (χ3v) is 6.38. The van der Waals surface area contributed by atoms with Crippen molar-refractivity contribution in [1.82, 2.24) is 0 Å². The van der Waals surface area contributed by atoms with Crippen LogP contribution in [0.25, 0.3) is 0 Å². The maximum atomic E-state index is 12.9. The predicted molar refractivity (Wildman–Crippen MR) is 123 cm³/mol. The molecule has 0 bridgehead atoms. The van der Waals surface area contributed by atoms with Gasteiger partial charge in [-0.05, 0) is 42.7 Å². The first kappa shape index (κ1) is 22.0. The summed E-state index contributed by atoms with van der Waals surface area (Å²) in [6, 6.07) is 9.58. The van der Waals surface area contributed by atoms with Gasteiger partial charge >= 0.3 is 5.97 Å². The second-order valence-electron chi connectivity index (χ2n) is 7.73. The quantitative estimate of drug-likeness (QED) is 0.436. The molecule has 1 aliphatic rings. The Balaban J connectivity index is 1.91. The molecule has 0 spiro atoms. The summed E-state index contributed by atoms with van der Waals surface area (Å²) in [4.78, 5) is 25.5. The third-order valence-electron chi connectivity index (χ3n) is 5.48. The van der Waals surface area contributed by atoms with Gasteiger partial charge in [-0.3, -0.25) is 4.79 Å². The summed E-state index contributed by atoms with van der Waals surface area (Å²) < 4.78 is 5.35. The van der Waals surface area contributed by atoms with Gasteiger partial charge in [0.2, 0.25) is 5.91 Å². The van der Waals surface area contributed by atoms with Crippen LogP contribution in [0.15, 0.2) is 59.5 Å². The maximum absolute atomic E-state index is 12.9. The molecule has 4 nitrogen and oxygen atoms in total. The highest BCUT2D eigenvalue weighted by Crippen LogP contribution is 2.41. The first-order chi connectivity index (χ1) is 14.5. The van der Waals surface area contributed by atoms with Crippen molar-refractivity contribution in [2.45, 2.75) is 51.9 Å². The highest BCUT2D eigenvalue weighted by Gasteiger charge is 2.33. The topological polar surface area (TPSA) is 55.4 Å². The highest BCUT2D eigenvalue weighted by molar-refractivity contribution is 7.15. The molecule has 0 radical (unpaired) electrons. The van der Waals surface area contributed by atoms with Crippen LogP contribution in [0.1, 0.15) is 61.5 Å². The summed E-state index contributed by atoms with van der Waals surface area (Å²) in [5.74, 6) is -0.530. The maximum Gasteiger partial charge on any atom is 0.341 e. The second kappa shape index (κ2) is 9.90. The monoisotopic (exact) mass is 423 g/mol. The lowest BCUT2D eigenvalue weighted by atomic mass is 9.79. The van der Waals surface area contributed by atoms with Crippen LogP contribution in [0.3, 0.4) is 0 Å². The minimum absolute atomic E-state index is 0.144. The molecule has 1 atom stereocenters. The molecule has 30 heavy (non-hydrogen) atoms. The van der Waals surface area contributed by atoms with Crippen LogP contribution >= 0.6 is 11.3 Å². The van der Waals surface area contributed by atoms with Crippen LogP contribution in [-0.2, 0) is 21.4 Å². The lowest BCUT2D eigenvalue weighted by Gasteiger charge is -2.25. The van der Waals surface area contributed by atoms with Crippen LogP contribution in [0, 0.1) is 0 Å². The van der Waals surface area contributed by atoms with Gasteiger partial charge in [-0.15, -0.1) is 11.3 Å². The fourth-order valence-corrected chi connectivity index (χ4v) is 4.80. The van der Waals surface area contributed by atoms with Crippen molar-refractivity contribution in [3.8, 4) is 0 Å². The van der Waals surface area contributed by atoms with E-state index in [9.17, 15) is 9.59 Å². The van der Waals surface area contributed by atoms with Crippen molar-refractivity contribution in [3.63, 3.8) is 0 Å². The molecule has 1 N–H and O–H groups in total. The summed E-state index contributed by atoms with van der Waals surface area (Å²) in [5, 5.41) is 5.49. The lowest BCUT2D eigenvalue weighted by molar-refractivity contribution is -0.115. The van der Waals surface area contributed by atoms with Crippen molar-refractivity contribution < 1.29 is 14.3 Å². The number of thiophene rings is 1. The second-order valence-corrected chi connectivity index (χ2v) is 8.61. The van der Waals surface area contributed by atoms with E-state index in [4.69, 9.17) is 4.74 Å². The average Bonchev–Trinajstić information content (AvgIpc) is 3.05. The minimum atomic E-state index is -0.387. The predicted octanol–water partition coefficient (Wildman–Crippen LogP) is 6.05. The van der Waals surface area contributed by atoms with Crippen molar-refractivity contribution in [2.75, 3.05) is 11.9 Å². The number of allylic oxidation sites excluding steroid dienone is 4. The van der Waals surface area contributed by atoms with Gasteiger partial charge in [0.1, 0.15) is 5.00 Å². The number of nitrogens with one attached hydrogen (secondary N) is 1. The van der Waals surface area contributed by atoms with Gasteiger partial charge in [0, 0.05) is 5.41 Å². The zero-order chi connectivity index (χ0) is 21.6. The van der Waals surface area contributed by atoms with Gasteiger partial charge in [-0.25, -0.2) is 4.79 Å². The van der Waals surface area contributed by atoms with E-state index in [2.05, 4.69) is 37.4 Å². The van der Waals surface area contributed by atoms with Gasteiger partial charge in [-0.1, -0.05) is 68.0 Å². The number of carbonyl (C=O) groups excluding carboxylic acids is 2. The molecular formula is C25H29NO3S. The zero-order valence-electron chi connectivity index (χ0n) is 17.9. The Morgan fingerprint density at radius 1 is 1.20 bits per heavy atom. The molecule has 0 saturated heterocycles. The standard InChI is InChI=1S/C25H29NO3S/c1-4-18-12-9-14-25(3,15-13-18)20-17-30-23(22(20)24(28)29-5-2)26-21(27)16-19-10-7-6-8-11-19/h6-11,13-14,17H,4-5,12,15-16H2,1-3H3,(H,26,27). The Morgan fingerprint density at radius 2 is 1.97 bits per heavy atom. The average molecular weight is 424 g/mol. The first-order valence-corrected chi connectivity index (χ1v) is 11.3. The van der Waals surface area contributed by atoms with Crippen molar-refractivity contribution in [1.29, 1.82) is 0 Å².